The van der Waals surface area contributed by atoms with Crippen molar-refractivity contribution < 1.29 is 4.39 Å². The van der Waals surface area contributed by atoms with Crippen molar-refractivity contribution in [1.29, 1.82) is 0 Å². The summed E-state index contributed by atoms with van der Waals surface area (Å²) in [6.07, 6.45) is 1.64. The molecule has 23 heavy (non-hydrogen) atoms. The number of anilines is 1. The lowest BCUT2D eigenvalue weighted by molar-refractivity contribution is 0.628. The van der Waals surface area contributed by atoms with E-state index < -0.39 is 0 Å². The van der Waals surface area contributed by atoms with Gasteiger partial charge >= 0.3 is 0 Å². The normalized spacial score (nSPS) is 11.1. The third-order valence-electron chi connectivity index (χ3n) is 3.41. The van der Waals surface area contributed by atoms with Gasteiger partial charge in [0.05, 0.1) is 11.9 Å². The van der Waals surface area contributed by atoms with Gasteiger partial charge < -0.3 is 0 Å². The molecule has 1 heterocycles. The fourth-order valence-corrected chi connectivity index (χ4v) is 2.92. The first-order chi connectivity index (χ1) is 11.1. The van der Waals surface area contributed by atoms with E-state index in [0.29, 0.717) is 0 Å². The molecule has 0 spiro atoms. The molecule has 1 aromatic heterocycles. The zero-order valence-electron chi connectivity index (χ0n) is 12.9. The Balaban J connectivity index is 1.71. The lowest BCUT2D eigenvalue weighted by atomic mass is 10.0. The van der Waals surface area contributed by atoms with E-state index in [1.165, 1.54) is 34.6 Å². The Hall–Kier alpha value is -2.53. The van der Waals surface area contributed by atoms with Gasteiger partial charge in [-0.25, -0.2) is 9.37 Å². The van der Waals surface area contributed by atoms with Gasteiger partial charge in [0.15, 0.2) is 0 Å². The van der Waals surface area contributed by atoms with Crippen molar-refractivity contribution in [3.05, 3.63) is 70.4 Å². The fraction of sp³-hybridized carbons (Fsp3) is 0.111. The molecule has 3 aromatic rings. The summed E-state index contributed by atoms with van der Waals surface area (Å²) in [5.41, 5.74) is 8.25. The number of halogens is 1. The molecular weight excluding hydrogens is 309 g/mol. The molecule has 0 amide bonds. The maximum absolute atomic E-state index is 12.8. The highest BCUT2D eigenvalue weighted by Crippen LogP contribution is 2.27. The molecule has 5 heteroatoms. The Kier molecular flexibility index (Phi) is 4.48. The number of nitrogens with one attached hydrogen (secondary N) is 1. The van der Waals surface area contributed by atoms with Gasteiger partial charge in [0.1, 0.15) is 5.82 Å². The molecule has 0 fully saturated rings. The van der Waals surface area contributed by atoms with Crippen LogP contribution in [0.5, 0.6) is 0 Å². The fourth-order valence-electron chi connectivity index (χ4n) is 2.26. The minimum absolute atomic E-state index is 0.256. The standard InChI is InChI=1S/C18H16FN3S/c1-12-3-8-16(13(2)9-12)17-11-23-18(21-17)22-20-10-14-4-6-15(19)7-5-14/h3-11H,1-2H3,(H,21,22). The average Bonchev–Trinajstić information content (AvgIpc) is 2.98. The van der Waals surface area contributed by atoms with Gasteiger partial charge in [-0.3, -0.25) is 5.43 Å². The van der Waals surface area contributed by atoms with Crippen LogP contribution in [0.2, 0.25) is 0 Å². The van der Waals surface area contributed by atoms with Gasteiger partial charge in [-0.1, -0.05) is 35.9 Å². The molecule has 0 saturated carbocycles. The van der Waals surface area contributed by atoms with Crippen molar-refractivity contribution in [3.8, 4) is 11.3 Å². The number of hydrogen-bond donors (Lipinski definition) is 1. The lowest BCUT2D eigenvalue weighted by Gasteiger charge is -2.03. The number of nitrogens with zero attached hydrogens (tertiary/aromatic N) is 2. The summed E-state index contributed by atoms with van der Waals surface area (Å²) in [4.78, 5) is 4.55. The van der Waals surface area contributed by atoms with Crippen molar-refractivity contribution in [1.82, 2.24) is 4.98 Å². The van der Waals surface area contributed by atoms with Crippen LogP contribution in [0.3, 0.4) is 0 Å². The number of benzene rings is 2. The summed E-state index contributed by atoms with van der Waals surface area (Å²) in [7, 11) is 0. The smallest absolute Gasteiger partial charge is 0.203 e. The predicted molar refractivity (Wildman–Crippen MR) is 94.6 cm³/mol. The lowest BCUT2D eigenvalue weighted by Crippen LogP contribution is -1.91. The van der Waals surface area contributed by atoms with E-state index in [4.69, 9.17) is 0 Å². The van der Waals surface area contributed by atoms with Crippen molar-refractivity contribution in [3.63, 3.8) is 0 Å². The third-order valence-corrected chi connectivity index (χ3v) is 4.15. The van der Waals surface area contributed by atoms with Crippen LogP contribution in [0.15, 0.2) is 52.9 Å². The van der Waals surface area contributed by atoms with Gasteiger partial charge in [0.2, 0.25) is 5.13 Å². The van der Waals surface area contributed by atoms with E-state index in [1.54, 1.807) is 18.3 Å². The monoisotopic (exact) mass is 325 g/mol. The molecule has 2 aromatic carbocycles. The van der Waals surface area contributed by atoms with Crippen LogP contribution in [0, 0.1) is 19.7 Å². The Bertz CT molecular complexity index is 838. The maximum Gasteiger partial charge on any atom is 0.203 e. The van der Waals surface area contributed by atoms with Gasteiger partial charge in [0, 0.05) is 10.9 Å². The van der Waals surface area contributed by atoms with E-state index in [1.807, 2.05) is 5.38 Å². The second kappa shape index (κ2) is 6.71. The minimum atomic E-state index is -0.256. The van der Waals surface area contributed by atoms with Gasteiger partial charge in [0.25, 0.3) is 0 Å². The van der Waals surface area contributed by atoms with Gasteiger partial charge in [-0.2, -0.15) is 5.10 Å². The Morgan fingerprint density at radius 3 is 2.65 bits per heavy atom. The SMILES string of the molecule is Cc1ccc(-c2csc(NN=Cc3ccc(F)cc3)n2)c(C)c1. The topological polar surface area (TPSA) is 37.3 Å². The molecule has 1 N–H and O–H groups in total. The van der Waals surface area contributed by atoms with E-state index in [9.17, 15) is 4.39 Å². The average molecular weight is 325 g/mol. The number of thiazole rings is 1. The van der Waals surface area contributed by atoms with Gasteiger partial charge in [-0.15, -0.1) is 11.3 Å². The molecule has 0 unspecified atom stereocenters. The van der Waals surface area contributed by atoms with Crippen LogP contribution in [0.25, 0.3) is 11.3 Å². The summed E-state index contributed by atoms with van der Waals surface area (Å²) in [6.45, 7) is 4.16. The molecule has 0 aliphatic heterocycles. The minimum Gasteiger partial charge on any atom is -0.253 e. The van der Waals surface area contributed by atoms with Crippen molar-refractivity contribution >= 4 is 22.7 Å². The van der Waals surface area contributed by atoms with Crippen molar-refractivity contribution in [2.45, 2.75) is 13.8 Å². The van der Waals surface area contributed by atoms with E-state index in [2.05, 4.69) is 47.6 Å². The van der Waals surface area contributed by atoms with Crippen LogP contribution in [0.1, 0.15) is 16.7 Å². The van der Waals surface area contributed by atoms with Gasteiger partial charge in [-0.05, 0) is 37.1 Å². The molecule has 0 aliphatic rings. The first-order valence-corrected chi connectivity index (χ1v) is 8.07. The number of rotatable bonds is 4. The summed E-state index contributed by atoms with van der Waals surface area (Å²) in [5.74, 6) is -0.256. The van der Waals surface area contributed by atoms with E-state index in [0.717, 1.165) is 22.0 Å². The summed E-state index contributed by atoms with van der Waals surface area (Å²) < 4.78 is 12.8. The summed E-state index contributed by atoms with van der Waals surface area (Å²) in [6, 6.07) is 12.5. The first kappa shape index (κ1) is 15.4. The summed E-state index contributed by atoms with van der Waals surface area (Å²) >= 11 is 1.50. The molecular formula is C18H16FN3S. The first-order valence-electron chi connectivity index (χ1n) is 7.19. The molecule has 0 atom stereocenters. The maximum atomic E-state index is 12.8. The van der Waals surface area contributed by atoms with Crippen LogP contribution >= 0.6 is 11.3 Å². The molecule has 0 aliphatic carbocycles. The zero-order chi connectivity index (χ0) is 16.2. The summed E-state index contributed by atoms with van der Waals surface area (Å²) in [5, 5.41) is 6.86. The number of hydrogen-bond acceptors (Lipinski definition) is 4. The number of aryl methyl sites for hydroxylation is 2. The Morgan fingerprint density at radius 2 is 1.91 bits per heavy atom. The van der Waals surface area contributed by atoms with Crippen LogP contribution in [-0.4, -0.2) is 11.2 Å². The van der Waals surface area contributed by atoms with Crippen molar-refractivity contribution in [2.24, 2.45) is 5.10 Å². The molecule has 0 radical (unpaired) electrons. The zero-order valence-corrected chi connectivity index (χ0v) is 13.7. The second-order valence-corrected chi connectivity index (χ2v) is 6.14. The second-order valence-electron chi connectivity index (χ2n) is 5.28. The molecule has 3 nitrogen and oxygen atoms in total. The molecule has 0 saturated heterocycles. The quantitative estimate of drug-likeness (QED) is 0.540. The molecule has 116 valence electrons. The van der Waals surface area contributed by atoms with E-state index in [-0.39, 0.29) is 5.82 Å². The van der Waals surface area contributed by atoms with E-state index >= 15 is 0 Å². The molecule has 3 rings (SSSR count). The Morgan fingerprint density at radius 1 is 1.13 bits per heavy atom. The van der Waals surface area contributed by atoms with Crippen LogP contribution in [0.4, 0.5) is 9.52 Å². The highest BCUT2D eigenvalue weighted by molar-refractivity contribution is 7.14. The highest BCUT2D eigenvalue weighted by Gasteiger charge is 2.06. The Labute approximate surface area is 138 Å². The van der Waals surface area contributed by atoms with Crippen LogP contribution < -0.4 is 5.43 Å². The van der Waals surface area contributed by atoms with Crippen LogP contribution in [-0.2, 0) is 0 Å². The largest absolute Gasteiger partial charge is 0.253 e. The van der Waals surface area contributed by atoms with Crippen molar-refractivity contribution in [2.75, 3.05) is 5.43 Å². The number of hydrazone groups is 1. The highest BCUT2D eigenvalue weighted by atomic mass is 32.1. The third kappa shape index (κ3) is 3.81. The predicted octanol–water partition coefficient (Wildman–Crippen LogP) is 5.01. The number of aromatic nitrogens is 1. The molecule has 0 bridgehead atoms.